The Morgan fingerprint density at radius 1 is 0.574 bits per heavy atom. The number of phosphoric acid groups is 1. The Labute approximate surface area is 604 Å². The van der Waals surface area contributed by atoms with Crippen LogP contribution in [0.5, 0.6) is 0 Å². The van der Waals surface area contributed by atoms with Crippen LogP contribution in [0.1, 0.15) is 154 Å². The Morgan fingerprint density at radius 3 is 1.59 bits per heavy atom. The number of phosphoric ester groups is 1. The Balaban J connectivity index is 0.0000265. The van der Waals surface area contributed by atoms with Crippen molar-refractivity contribution < 1.29 is 152 Å². The minimum absolute atomic E-state index is 0. The molecule has 0 spiro atoms. The van der Waals surface area contributed by atoms with Crippen LogP contribution in [-0.4, -0.2) is 244 Å². The summed E-state index contributed by atoms with van der Waals surface area (Å²) in [5.41, 5.74) is 1.43. The molecule has 3 aliphatic rings. The van der Waals surface area contributed by atoms with Crippen LogP contribution in [0.25, 0.3) is 0 Å². The first-order valence-electron chi connectivity index (χ1n) is 34.4. The Bertz CT molecular complexity index is 2750. The van der Waals surface area contributed by atoms with Gasteiger partial charge in [0, 0.05) is 143 Å². The molecule has 33 nitrogen and oxygen atoms in total. The number of nitrogens with one attached hydrogen (secondary N) is 6. The van der Waals surface area contributed by atoms with E-state index in [4.69, 9.17) is 32.9 Å². The third-order valence-electron chi connectivity index (χ3n) is 17.7. The summed E-state index contributed by atoms with van der Waals surface area (Å²) in [7, 11) is -3.30. The molecule has 1 aromatic carbocycles. The van der Waals surface area contributed by atoms with Crippen LogP contribution in [0.4, 0.5) is 0 Å². The zero-order valence-electron chi connectivity index (χ0n) is 58.4. The van der Waals surface area contributed by atoms with E-state index in [2.05, 4.69) is 43.3 Å². The van der Waals surface area contributed by atoms with E-state index < -0.39 is 172 Å². The molecule has 35 heteroatoms. The molecule has 0 radical (unpaired) electrons. The molecule has 3 heterocycles. The van der Waals surface area contributed by atoms with E-state index in [9.17, 15) is 93.8 Å². The maximum atomic E-state index is 14.5. The number of benzene rings is 1. The van der Waals surface area contributed by atoms with Gasteiger partial charge in [-0.2, -0.15) is 0 Å². The second kappa shape index (κ2) is 47.9. The average Bonchev–Trinajstić information content (AvgIpc) is 0.822. The van der Waals surface area contributed by atoms with E-state index in [0.29, 0.717) is 55.2 Å². The van der Waals surface area contributed by atoms with E-state index in [1.165, 1.54) is 6.92 Å². The second-order valence-electron chi connectivity index (χ2n) is 25.8. The van der Waals surface area contributed by atoms with Crippen molar-refractivity contribution in [2.75, 3.05) is 59.8 Å². The summed E-state index contributed by atoms with van der Waals surface area (Å²) < 4.78 is 55.4. The van der Waals surface area contributed by atoms with Gasteiger partial charge in [0.25, 0.3) is 0 Å². The van der Waals surface area contributed by atoms with E-state index in [0.717, 1.165) is 7.11 Å². The minimum Gasteiger partial charge on any atom is -0.394 e. The van der Waals surface area contributed by atoms with E-state index in [1.54, 1.807) is 39.0 Å². The standard InChI is InChI=1S/C66H110N6O27P.W/c1-38(17-20-53(80)67-23-10-13-27-94-65-40(3)58(84)60(86)50(35-74)98-65)49(78)32-46(18-21-54(81)68-24-11-14-28-95-66-56(71-42(5)76)62(88)61(87)51(36-75)99-66)63(89)72-47(19-22-55(82)69-25-9-12-26-93-64-39(2)57(83)59(85)41(4)97-64)48(77)15-7-8-16-52(79)70-33-43-29-44(34-73)31-45(30-43)37-96-100(90,91)92-6;/h29-31,38-41,46-47,50-51,56-62,64-66,73-75,83-88H,4,7-28,32-37H2,1-3,5-6H3,(H,67,80)(H,68,81)(H,69,82)(H,70,79)(H,71,76)(H,72,89)(H,90,91);/q-1;/t38-,39+,40+,41+,46+,47-,50+,51+,56+,57+,58+,59-,60-,61-,62+,64+,65+,66+;/m0./s1. The Kier molecular flexibility index (Phi) is 43.1. The predicted molar refractivity (Wildman–Crippen MR) is 353 cm³/mol. The zero-order chi connectivity index (χ0) is 74.1. The molecule has 0 saturated carbocycles. The van der Waals surface area contributed by atoms with Crippen molar-refractivity contribution in [1.29, 1.82) is 0 Å². The summed E-state index contributed by atoms with van der Waals surface area (Å²) in [6.07, 6.45) is -12.1. The summed E-state index contributed by atoms with van der Waals surface area (Å²) in [6.45, 7) is 9.00. The van der Waals surface area contributed by atoms with Gasteiger partial charge in [-0.1, -0.05) is 39.0 Å². The van der Waals surface area contributed by atoms with Crippen LogP contribution in [0, 0.1) is 30.6 Å². The second-order valence-corrected chi connectivity index (χ2v) is 27.4. The van der Waals surface area contributed by atoms with Gasteiger partial charge in [-0.15, -0.1) is 0 Å². The zero-order valence-corrected chi connectivity index (χ0v) is 62.2. The average molecular weight is 1630 g/mol. The maximum absolute atomic E-state index is 14.5. The van der Waals surface area contributed by atoms with E-state index in [-0.39, 0.29) is 156 Å². The first kappa shape index (κ1) is 90.8. The monoisotopic (exact) mass is 1630 g/mol. The third-order valence-corrected chi connectivity index (χ3v) is 18.6. The number of ketones is 2. The molecule has 578 valence electrons. The number of hydrogen-bond acceptors (Lipinski definition) is 26. The first-order chi connectivity index (χ1) is 47.5. The Morgan fingerprint density at radius 2 is 1.05 bits per heavy atom. The number of aliphatic hydroxyl groups excluding tert-OH is 9. The molecule has 0 bridgehead atoms. The van der Waals surface area contributed by atoms with Crippen LogP contribution in [-0.2, 0) is 121 Å². The number of carbonyl (C=O) groups is 8. The molecule has 1 unspecified atom stereocenters. The molecule has 16 N–H and O–H groups in total. The summed E-state index contributed by atoms with van der Waals surface area (Å²) in [6, 6.07) is 2.38. The number of rotatable bonds is 48. The largest absolute Gasteiger partial charge is 0.472 e. The minimum atomic E-state index is -4.31. The molecule has 101 heavy (non-hydrogen) atoms. The van der Waals surface area contributed by atoms with Crippen molar-refractivity contribution >= 4 is 54.8 Å². The molecule has 3 fully saturated rings. The van der Waals surface area contributed by atoms with E-state index in [1.807, 2.05) is 0 Å². The smallest absolute Gasteiger partial charge is 0.394 e. The molecule has 0 aliphatic carbocycles. The van der Waals surface area contributed by atoms with Gasteiger partial charge in [0.05, 0.1) is 50.8 Å². The molecule has 3 saturated heterocycles. The quantitative estimate of drug-likeness (QED) is 0.0209. The van der Waals surface area contributed by atoms with Crippen LogP contribution < -0.4 is 31.9 Å². The van der Waals surface area contributed by atoms with Crippen LogP contribution in [0.3, 0.4) is 0 Å². The van der Waals surface area contributed by atoms with Gasteiger partial charge in [-0.25, -0.2) is 4.57 Å². The van der Waals surface area contributed by atoms with Gasteiger partial charge < -0.3 is 118 Å². The predicted octanol–water partition coefficient (Wildman–Crippen LogP) is -1.10. The normalized spacial score (nSPS) is 26.6. The number of Topliss-reactive ketones (excluding diaryl/α,β-unsaturated/α-hetero) is 2. The van der Waals surface area contributed by atoms with Gasteiger partial charge in [-0.3, -0.25) is 47.4 Å². The number of ether oxygens (including phenoxy) is 6. The van der Waals surface area contributed by atoms with Crippen molar-refractivity contribution in [2.45, 2.75) is 242 Å². The number of aliphatic hydroxyl groups is 9. The summed E-state index contributed by atoms with van der Waals surface area (Å²) in [5.74, 6) is -6.90. The topological polar surface area (TPSA) is 502 Å². The summed E-state index contributed by atoms with van der Waals surface area (Å²) in [4.78, 5) is 117. The van der Waals surface area contributed by atoms with Crippen molar-refractivity contribution in [2.24, 2.45) is 23.7 Å². The summed E-state index contributed by atoms with van der Waals surface area (Å²) >= 11 is 0. The van der Waals surface area contributed by atoms with Crippen molar-refractivity contribution in [3.63, 3.8) is 0 Å². The fraction of sp³-hybridized carbons (Fsp3) is 0.773. The van der Waals surface area contributed by atoms with Crippen molar-refractivity contribution in [3.05, 3.63) is 41.8 Å². The van der Waals surface area contributed by atoms with E-state index >= 15 is 0 Å². The number of hydrogen-bond donors (Lipinski definition) is 16. The van der Waals surface area contributed by atoms with Crippen LogP contribution in [0.2, 0.25) is 0 Å². The third kappa shape index (κ3) is 32.5. The fourth-order valence-electron chi connectivity index (χ4n) is 11.3. The van der Waals surface area contributed by atoms with Crippen molar-refractivity contribution in [3.8, 4) is 0 Å². The van der Waals surface area contributed by atoms with Gasteiger partial charge in [0.2, 0.25) is 35.4 Å². The Hall–Kier alpha value is -4.42. The fourth-order valence-corrected chi connectivity index (χ4v) is 11.8. The van der Waals surface area contributed by atoms with Gasteiger partial charge in [0.1, 0.15) is 42.3 Å². The SMILES string of the molecule is [CH2-][C@H]1O[C@@H](OCCCCNC(=O)CC[C@H](NC(=O)[C@H](CCC(=O)NCCCCO[C@@H]2O[C@H](CO)[C@H](O)[C@H](O)[C@H]2NC(C)=O)CC(=O)[C@@H](C)CCC(=O)NCCCCO[C@@H]2O[C@H](CO)[C@H](O)[C@H](O)[C@H]2C)C(=O)CCCCC(=O)NCc2cc(CO)cc(COP(=O)(O)OC)c2)[C@H](C)[C@@H](O)[C@H]1O.[W]. The van der Waals surface area contributed by atoms with Crippen molar-refractivity contribution in [1.82, 2.24) is 31.9 Å². The number of carbonyl (C=O) groups excluding carboxylic acids is 8. The molecular weight excluding hydrogens is 1520 g/mol. The van der Waals surface area contributed by atoms with Gasteiger partial charge in [-0.05, 0) is 93.4 Å². The van der Waals surface area contributed by atoms with Gasteiger partial charge in [0.15, 0.2) is 24.7 Å². The summed E-state index contributed by atoms with van der Waals surface area (Å²) in [5, 5.41) is 107. The molecule has 0 aromatic heterocycles. The number of amides is 6. The maximum Gasteiger partial charge on any atom is 0.472 e. The first-order valence-corrected chi connectivity index (χ1v) is 35.9. The molecule has 3 aliphatic heterocycles. The molecule has 4 rings (SSSR count). The molecule has 19 atom stereocenters. The van der Waals surface area contributed by atoms with Crippen LogP contribution in [0.15, 0.2) is 18.2 Å². The van der Waals surface area contributed by atoms with Crippen LogP contribution >= 0.6 is 7.82 Å². The molecular formula is C66H110N6O27PW-. The van der Waals surface area contributed by atoms with Gasteiger partial charge >= 0.3 is 7.82 Å². The number of unbranched alkanes of at least 4 members (excludes halogenated alkanes) is 4. The molecule has 6 amide bonds. The molecule has 1 aromatic rings.